The zero-order chi connectivity index (χ0) is 24.3. The summed E-state index contributed by atoms with van der Waals surface area (Å²) >= 11 is 3.38. The summed E-state index contributed by atoms with van der Waals surface area (Å²) in [7, 11) is 0. The molecule has 3 aliphatic rings. The molecule has 1 unspecified atom stereocenters. The van der Waals surface area contributed by atoms with Crippen molar-refractivity contribution < 1.29 is 22.7 Å². The third-order valence-corrected chi connectivity index (χ3v) is 6.63. The molecule has 1 aliphatic carbocycles. The van der Waals surface area contributed by atoms with Crippen molar-refractivity contribution in [3.05, 3.63) is 70.0 Å². The standard InChI is InChI=1S/C25H23BrF3N3O2/c1-16-30-13-20(26)7-3-2-4-9-22(31-16)24(33)32-14-18-11-17(12-19(18)15-32)21-8-5-6-10-23(21)34-25(27,28)29/h2-8,10,13,17-19H,11-12,14-15H2,1H3/b3-2+,20-7+,30-13?,31-16?/t9?,17?,18-,19+. The number of carbonyl (C=O) groups is 1. The number of hydrogen-bond donors (Lipinski definition) is 0. The average molecular weight is 534 g/mol. The molecule has 2 heterocycles. The smallest absolute Gasteiger partial charge is 0.405 e. The van der Waals surface area contributed by atoms with Gasteiger partial charge >= 0.3 is 6.36 Å². The van der Waals surface area contributed by atoms with Crippen molar-refractivity contribution in [2.75, 3.05) is 13.1 Å². The molecule has 1 amide bonds. The third-order valence-electron chi connectivity index (χ3n) is 6.16. The number of rotatable bonds is 3. The zero-order valence-corrected chi connectivity index (χ0v) is 20.0. The minimum absolute atomic E-state index is 0.0343. The molecule has 1 aromatic carbocycles. The second-order valence-electron chi connectivity index (χ2n) is 8.50. The zero-order valence-electron chi connectivity index (χ0n) is 18.4. The van der Waals surface area contributed by atoms with Gasteiger partial charge < -0.3 is 9.64 Å². The minimum Gasteiger partial charge on any atom is -0.405 e. The van der Waals surface area contributed by atoms with Crippen molar-refractivity contribution in [3.8, 4) is 5.75 Å². The van der Waals surface area contributed by atoms with Crippen LogP contribution in [-0.2, 0) is 4.79 Å². The number of carbonyl (C=O) groups excluding carboxylic acids is 1. The van der Waals surface area contributed by atoms with Crippen LogP contribution in [0.25, 0.3) is 0 Å². The molecule has 0 aromatic heterocycles. The highest BCUT2D eigenvalue weighted by Gasteiger charge is 2.44. The van der Waals surface area contributed by atoms with E-state index in [-0.39, 0.29) is 35.1 Å². The van der Waals surface area contributed by atoms with Gasteiger partial charge in [-0.15, -0.1) is 13.2 Å². The third kappa shape index (κ3) is 5.96. The fourth-order valence-corrected chi connectivity index (χ4v) is 5.02. The Morgan fingerprint density at radius 3 is 2.59 bits per heavy atom. The highest BCUT2D eigenvalue weighted by Crippen LogP contribution is 2.48. The molecular weight excluding hydrogens is 511 g/mol. The Morgan fingerprint density at radius 2 is 1.88 bits per heavy atom. The van der Waals surface area contributed by atoms with E-state index in [1.54, 1.807) is 54.5 Å². The van der Waals surface area contributed by atoms with Gasteiger partial charge in [0.05, 0.1) is 0 Å². The SMILES string of the molecule is CC1=NC(C(=O)N2C[C@H]3CC(c4ccccc4OC(F)(F)F)C[C@H]3C2)=C=C/C=C/C=C(/Br)C=N1. The summed E-state index contributed by atoms with van der Waals surface area (Å²) in [5, 5.41) is 0. The maximum absolute atomic E-state index is 13.2. The van der Waals surface area contributed by atoms with Crippen LogP contribution < -0.4 is 4.74 Å². The maximum atomic E-state index is 13.2. The lowest BCUT2D eigenvalue weighted by molar-refractivity contribution is -0.275. The van der Waals surface area contributed by atoms with E-state index < -0.39 is 6.36 Å². The van der Waals surface area contributed by atoms with Gasteiger partial charge in [0.15, 0.2) is 5.70 Å². The van der Waals surface area contributed by atoms with Crippen LogP contribution in [0.4, 0.5) is 13.2 Å². The summed E-state index contributed by atoms with van der Waals surface area (Å²) < 4.78 is 43.5. The fraction of sp³-hybridized carbons (Fsp3) is 0.360. The van der Waals surface area contributed by atoms with Crippen LogP contribution in [0.15, 0.2) is 74.5 Å². The van der Waals surface area contributed by atoms with Crippen molar-refractivity contribution in [1.82, 2.24) is 4.90 Å². The Hall–Kier alpha value is -2.90. The van der Waals surface area contributed by atoms with Crippen molar-refractivity contribution in [1.29, 1.82) is 0 Å². The monoisotopic (exact) mass is 533 g/mol. The minimum atomic E-state index is -4.73. The number of para-hydroxylation sites is 1. The first-order valence-corrected chi connectivity index (χ1v) is 11.7. The molecule has 3 atom stereocenters. The molecule has 1 aromatic rings. The molecule has 1 saturated carbocycles. The van der Waals surface area contributed by atoms with Crippen LogP contribution in [0, 0.1) is 11.8 Å². The van der Waals surface area contributed by atoms with Crippen LogP contribution in [0.1, 0.15) is 31.2 Å². The van der Waals surface area contributed by atoms with Crippen molar-refractivity contribution in [2.24, 2.45) is 21.8 Å². The van der Waals surface area contributed by atoms with Crippen LogP contribution >= 0.6 is 15.9 Å². The fourth-order valence-electron chi connectivity index (χ4n) is 4.77. The molecule has 0 bridgehead atoms. The number of nitrogens with zero attached hydrogens (tertiary/aromatic N) is 3. The molecular formula is C25H23BrF3N3O2. The molecule has 34 heavy (non-hydrogen) atoms. The van der Waals surface area contributed by atoms with Gasteiger partial charge in [0.2, 0.25) is 0 Å². The van der Waals surface area contributed by atoms with Gasteiger partial charge in [-0.3, -0.25) is 4.79 Å². The first kappa shape index (κ1) is 24.2. The summed E-state index contributed by atoms with van der Waals surface area (Å²) in [6.07, 6.45) is 5.29. The molecule has 0 N–H and O–H groups in total. The molecule has 9 heteroatoms. The quantitative estimate of drug-likeness (QED) is 0.453. The van der Waals surface area contributed by atoms with E-state index in [4.69, 9.17) is 0 Å². The predicted octanol–water partition coefficient (Wildman–Crippen LogP) is 5.91. The van der Waals surface area contributed by atoms with Crippen molar-refractivity contribution in [2.45, 2.75) is 32.0 Å². The lowest BCUT2D eigenvalue weighted by Gasteiger charge is -2.21. The van der Waals surface area contributed by atoms with Gasteiger partial charge in [-0.2, -0.15) is 0 Å². The van der Waals surface area contributed by atoms with E-state index in [9.17, 15) is 18.0 Å². The Balaban J connectivity index is 1.46. The van der Waals surface area contributed by atoms with Crippen molar-refractivity contribution >= 4 is 33.9 Å². The van der Waals surface area contributed by atoms with Gasteiger partial charge in [0, 0.05) is 23.8 Å². The number of aliphatic imine (C=N–C) groups is 2. The number of amides is 1. The summed E-state index contributed by atoms with van der Waals surface area (Å²) in [5.41, 5.74) is 3.71. The number of halogens is 4. The molecule has 1 saturated heterocycles. The lowest BCUT2D eigenvalue weighted by Crippen LogP contribution is -2.30. The van der Waals surface area contributed by atoms with Crippen LogP contribution in [0.5, 0.6) is 5.75 Å². The Morgan fingerprint density at radius 1 is 1.18 bits per heavy atom. The number of allylic oxidation sites excluding steroid dienone is 4. The largest absolute Gasteiger partial charge is 0.573 e. The second kappa shape index (κ2) is 10.2. The molecule has 5 nitrogen and oxygen atoms in total. The number of benzene rings is 1. The van der Waals surface area contributed by atoms with E-state index in [0.717, 1.165) is 4.48 Å². The number of likely N-dealkylation sites (tertiary alicyclic amines) is 1. The van der Waals surface area contributed by atoms with Gasteiger partial charge in [-0.1, -0.05) is 36.1 Å². The van der Waals surface area contributed by atoms with Crippen LogP contribution in [0.3, 0.4) is 0 Å². The Bertz CT molecular complexity index is 1130. The van der Waals surface area contributed by atoms with E-state index in [1.807, 2.05) is 6.08 Å². The molecule has 0 spiro atoms. The highest BCUT2D eigenvalue weighted by atomic mass is 79.9. The molecule has 178 valence electrons. The lowest BCUT2D eigenvalue weighted by atomic mass is 9.95. The van der Waals surface area contributed by atoms with Gasteiger partial charge in [-0.25, -0.2) is 9.98 Å². The Labute approximate surface area is 204 Å². The van der Waals surface area contributed by atoms with Gasteiger partial charge in [-0.05, 0) is 77.2 Å². The summed E-state index contributed by atoms with van der Waals surface area (Å²) in [5.74, 6) is 0.453. The number of hydrogen-bond acceptors (Lipinski definition) is 4. The number of fused-ring (bicyclic) bond motifs is 1. The molecule has 4 rings (SSSR count). The van der Waals surface area contributed by atoms with Crippen LogP contribution in [0.2, 0.25) is 0 Å². The maximum Gasteiger partial charge on any atom is 0.573 e. The first-order chi connectivity index (χ1) is 16.2. The topological polar surface area (TPSA) is 54.3 Å². The van der Waals surface area contributed by atoms with Crippen molar-refractivity contribution in [3.63, 3.8) is 0 Å². The average Bonchev–Trinajstić information content (AvgIpc) is 3.33. The Kier molecular flexibility index (Phi) is 7.24. The normalized spacial score (nSPS) is 27.3. The van der Waals surface area contributed by atoms with Crippen LogP contribution in [-0.4, -0.2) is 42.3 Å². The molecule has 2 fully saturated rings. The van der Waals surface area contributed by atoms with Gasteiger partial charge in [0.1, 0.15) is 11.6 Å². The number of ether oxygens (including phenoxy) is 1. The van der Waals surface area contributed by atoms with E-state index in [0.29, 0.717) is 37.3 Å². The predicted molar refractivity (Wildman–Crippen MR) is 128 cm³/mol. The van der Waals surface area contributed by atoms with Gasteiger partial charge in [0.25, 0.3) is 5.91 Å². The number of amidine groups is 1. The first-order valence-electron chi connectivity index (χ1n) is 10.9. The second-order valence-corrected chi connectivity index (χ2v) is 9.41. The summed E-state index contributed by atoms with van der Waals surface area (Å²) in [6, 6.07) is 6.33. The summed E-state index contributed by atoms with van der Waals surface area (Å²) in [4.78, 5) is 23.6. The summed E-state index contributed by atoms with van der Waals surface area (Å²) in [6.45, 7) is 2.78. The molecule has 2 aliphatic heterocycles. The van der Waals surface area contributed by atoms with E-state index in [1.165, 1.54) is 6.07 Å². The number of alkyl halides is 3. The van der Waals surface area contributed by atoms with E-state index in [2.05, 4.69) is 36.4 Å². The van der Waals surface area contributed by atoms with E-state index >= 15 is 0 Å². The molecule has 0 radical (unpaired) electrons. The highest BCUT2D eigenvalue weighted by molar-refractivity contribution is 9.12.